The third-order valence-electron chi connectivity index (χ3n) is 5.07. The van der Waals surface area contributed by atoms with Crippen LogP contribution < -0.4 is 9.47 Å². The van der Waals surface area contributed by atoms with Crippen molar-refractivity contribution in [1.82, 2.24) is 29.8 Å². The van der Waals surface area contributed by atoms with Crippen LogP contribution in [-0.2, 0) is 6.54 Å². The van der Waals surface area contributed by atoms with Gasteiger partial charge in [-0.15, -0.1) is 18.3 Å². The van der Waals surface area contributed by atoms with Gasteiger partial charge in [0.1, 0.15) is 17.3 Å². The molecule has 190 valence electrons. The van der Waals surface area contributed by atoms with Crippen LogP contribution in [0.2, 0.25) is 0 Å². The van der Waals surface area contributed by atoms with E-state index in [1.54, 1.807) is 4.68 Å². The molecule has 0 aliphatic rings. The monoisotopic (exact) mass is 502 g/mol. The summed E-state index contributed by atoms with van der Waals surface area (Å²) in [5, 5.41) is 8.37. The smallest absolute Gasteiger partial charge is 0.494 e. The van der Waals surface area contributed by atoms with Crippen LogP contribution in [0.4, 0.5) is 13.2 Å². The number of nitrogens with zero attached hydrogens (tertiary/aromatic N) is 6. The Morgan fingerprint density at radius 3 is 2.50 bits per heavy atom. The van der Waals surface area contributed by atoms with E-state index < -0.39 is 6.36 Å². The van der Waals surface area contributed by atoms with Crippen molar-refractivity contribution in [2.45, 2.75) is 26.3 Å². The van der Waals surface area contributed by atoms with Crippen LogP contribution in [0.1, 0.15) is 17.8 Å². The molecule has 4 aromatic rings. The van der Waals surface area contributed by atoms with Crippen LogP contribution in [0.5, 0.6) is 11.5 Å². The third kappa shape index (κ3) is 6.81. The minimum Gasteiger partial charge on any atom is -0.494 e. The Labute approximate surface area is 205 Å². The molecule has 0 saturated carbocycles. The highest BCUT2D eigenvalue weighted by molar-refractivity contribution is 5.57. The quantitative estimate of drug-likeness (QED) is 0.291. The highest BCUT2D eigenvalue weighted by atomic mass is 19.4. The molecular weight excluding hydrogens is 477 g/mol. The lowest BCUT2D eigenvalue weighted by molar-refractivity contribution is -0.274. The van der Waals surface area contributed by atoms with Crippen LogP contribution >= 0.6 is 0 Å². The number of halogens is 3. The van der Waals surface area contributed by atoms with Gasteiger partial charge >= 0.3 is 6.36 Å². The van der Waals surface area contributed by atoms with Gasteiger partial charge in [0, 0.05) is 12.1 Å². The highest BCUT2D eigenvalue weighted by Gasteiger charge is 2.31. The number of benzene rings is 2. The second-order valence-corrected chi connectivity index (χ2v) is 8.29. The van der Waals surface area contributed by atoms with E-state index in [4.69, 9.17) is 9.26 Å². The fraction of sp³-hybridized carbons (Fsp3) is 0.333. The van der Waals surface area contributed by atoms with E-state index in [2.05, 4.69) is 29.9 Å². The molecule has 0 radical (unpaired) electrons. The lowest BCUT2D eigenvalue weighted by Crippen LogP contribution is -2.16. The first-order chi connectivity index (χ1) is 17.2. The molecule has 2 aromatic carbocycles. The summed E-state index contributed by atoms with van der Waals surface area (Å²) in [4.78, 5) is 10.8. The van der Waals surface area contributed by atoms with Crippen molar-refractivity contribution in [2.75, 3.05) is 27.2 Å². The highest BCUT2D eigenvalue weighted by Crippen LogP contribution is 2.26. The van der Waals surface area contributed by atoms with Crippen LogP contribution in [0.25, 0.3) is 23.1 Å². The topological polar surface area (TPSA) is 91.3 Å². The molecule has 4 rings (SSSR count). The van der Waals surface area contributed by atoms with Crippen molar-refractivity contribution in [2.24, 2.45) is 0 Å². The second kappa shape index (κ2) is 10.8. The molecule has 36 heavy (non-hydrogen) atoms. The molecule has 0 amide bonds. The predicted molar refractivity (Wildman–Crippen MR) is 124 cm³/mol. The van der Waals surface area contributed by atoms with E-state index in [1.807, 2.05) is 45.3 Å². The number of alkyl halides is 3. The normalized spacial score (nSPS) is 11.8. The number of rotatable bonds is 10. The van der Waals surface area contributed by atoms with Crippen molar-refractivity contribution in [1.29, 1.82) is 0 Å². The molecule has 2 aromatic heterocycles. The van der Waals surface area contributed by atoms with E-state index >= 15 is 0 Å². The Morgan fingerprint density at radius 2 is 1.78 bits per heavy atom. The minimum absolute atomic E-state index is 0.0976. The molecule has 0 saturated heterocycles. The number of aromatic nitrogens is 5. The molecule has 0 unspecified atom stereocenters. The number of hydrogen-bond acceptors (Lipinski definition) is 8. The van der Waals surface area contributed by atoms with E-state index in [0.29, 0.717) is 24.5 Å². The van der Waals surface area contributed by atoms with Gasteiger partial charge in [0.2, 0.25) is 11.6 Å². The summed E-state index contributed by atoms with van der Waals surface area (Å²) in [6.07, 6.45) is -3.83. The lowest BCUT2D eigenvalue weighted by atomic mass is 10.2. The summed E-state index contributed by atoms with van der Waals surface area (Å²) >= 11 is 0. The SMILES string of the molecule is Cc1nc(-c2nc(-c3ccc(OC(F)(F)F)cc3)no2)nn1Cc1cccc(OCCCN(C)C)c1. The summed E-state index contributed by atoms with van der Waals surface area (Å²) < 4.78 is 53.8. The zero-order valence-corrected chi connectivity index (χ0v) is 20.0. The molecule has 0 bridgehead atoms. The second-order valence-electron chi connectivity index (χ2n) is 8.29. The van der Waals surface area contributed by atoms with E-state index in [9.17, 15) is 13.2 Å². The Kier molecular flexibility index (Phi) is 7.53. The van der Waals surface area contributed by atoms with E-state index in [0.717, 1.165) is 24.3 Å². The van der Waals surface area contributed by atoms with Gasteiger partial charge in [-0.05, 0) is 69.4 Å². The fourth-order valence-corrected chi connectivity index (χ4v) is 3.37. The van der Waals surface area contributed by atoms with Crippen LogP contribution in [0.15, 0.2) is 53.1 Å². The van der Waals surface area contributed by atoms with Gasteiger partial charge in [0.25, 0.3) is 5.89 Å². The molecule has 0 aliphatic carbocycles. The van der Waals surface area contributed by atoms with Crippen molar-refractivity contribution >= 4 is 0 Å². The summed E-state index contributed by atoms with van der Waals surface area (Å²) in [5.74, 6) is 1.64. The molecule has 0 spiro atoms. The zero-order valence-electron chi connectivity index (χ0n) is 20.0. The van der Waals surface area contributed by atoms with Gasteiger partial charge in [0.05, 0.1) is 13.2 Å². The fourth-order valence-electron chi connectivity index (χ4n) is 3.37. The maximum atomic E-state index is 12.3. The van der Waals surface area contributed by atoms with E-state index in [-0.39, 0.29) is 23.3 Å². The van der Waals surface area contributed by atoms with Crippen LogP contribution in [0.3, 0.4) is 0 Å². The maximum absolute atomic E-state index is 12.3. The molecule has 0 fully saturated rings. The lowest BCUT2D eigenvalue weighted by Gasteiger charge is -2.11. The van der Waals surface area contributed by atoms with Gasteiger partial charge in [-0.1, -0.05) is 17.3 Å². The van der Waals surface area contributed by atoms with Gasteiger partial charge in [-0.2, -0.15) is 4.98 Å². The third-order valence-corrected chi connectivity index (χ3v) is 5.07. The number of aryl methyl sites for hydroxylation is 1. The Hall–Kier alpha value is -3.93. The molecule has 2 heterocycles. The summed E-state index contributed by atoms with van der Waals surface area (Å²) in [5.41, 5.74) is 1.45. The van der Waals surface area contributed by atoms with Crippen LogP contribution in [0, 0.1) is 6.92 Å². The first-order valence-electron chi connectivity index (χ1n) is 11.1. The first kappa shape index (κ1) is 25.2. The molecule has 12 heteroatoms. The van der Waals surface area contributed by atoms with Gasteiger partial charge in [0.15, 0.2) is 0 Å². The molecule has 0 N–H and O–H groups in total. The summed E-state index contributed by atoms with van der Waals surface area (Å²) in [6, 6.07) is 13.0. The van der Waals surface area contributed by atoms with Crippen molar-refractivity contribution < 1.29 is 27.2 Å². The largest absolute Gasteiger partial charge is 0.573 e. The van der Waals surface area contributed by atoms with Gasteiger partial charge in [-0.25, -0.2) is 9.67 Å². The number of ether oxygens (including phenoxy) is 2. The maximum Gasteiger partial charge on any atom is 0.573 e. The average molecular weight is 502 g/mol. The average Bonchev–Trinajstić information content (AvgIpc) is 3.44. The molecule has 9 nitrogen and oxygen atoms in total. The first-order valence-corrected chi connectivity index (χ1v) is 11.1. The summed E-state index contributed by atoms with van der Waals surface area (Å²) in [6.45, 7) is 3.87. The minimum atomic E-state index is -4.76. The Morgan fingerprint density at radius 1 is 1.00 bits per heavy atom. The Balaban J connectivity index is 1.42. The zero-order chi connectivity index (χ0) is 25.7. The van der Waals surface area contributed by atoms with Gasteiger partial charge < -0.3 is 18.9 Å². The van der Waals surface area contributed by atoms with Crippen molar-refractivity contribution in [3.8, 4) is 34.6 Å². The Bertz CT molecular complexity index is 1280. The van der Waals surface area contributed by atoms with Gasteiger partial charge in [-0.3, -0.25) is 0 Å². The van der Waals surface area contributed by atoms with E-state index in [1.165, 1.54) is 24.3 Å². The van der Waals surface area contributed by atoms with Crippen molar-refractivity contribution in [3.05, 3.63) is 59.9 Å². The molecule has 0 atom stereocenters. The standard InChI is InChI=1S/C24H25F3N6O3/c1-16-28-22(23-29-21(31-36-23)18-8-10-19(11-9-18)35-24(25,26)27)30-33(16)15-17-6-4-7-20(14-17)34-13-5-12-32(2)3/h4,6-11,14H,5,12-13,15H2,1-3H3. The predicted octanol–water partition coefficient (Wildman–Crippen LogP) is 4.58. The van der Waals surface area contributed by atoms with Crippen LogP contribution in [-0.4, -0.2) is 63.4 Å². The molecular formula is C24H25F3N6O3. The van der Waals surface area contributed by atoms with Crippen molar-refractivity contribution in [3.63, 3.8) is 0 Å². The number of hydrogen-bond donors (Lipinski definition) is 0. The summed E-state index contributed by atoms with van der Waals surface area (Å²) in [7, 11) is 4.05. The molecule has 0 aliphatic heterocycles.